The van der Waals surface area contributed by atoms with Gasteiger partial charge >= 0.3 is 5.97 Å². The molecular weight excluding hydrogens is 270 g/mol. The highest BCUT2D eigenvalue weighted by molar-refractivity contribution is 7.16. The number of anilines is 1. The van der Waals surface area contributed by atoms with Crippen LogP contribution >= 0.6 is 22.9 Å². The van der Waals surface area contributed by atoms with E-state index in [1.54, 1.807) is 18.2 Å². The third-order valence-electron chi connectivity index (χ3n) is 2.40. The Morgan fingerprint density at radius 1 is 1.39 bits per heavy atom. The van der Waals surface area contributed by atoms with E-state index in [9.17, 15) is 4.79 Å². The van der Waals surface area contributed by atoms with Crippen LogP contribution in [0.3, 0.4) is 0 Å². The standard InChI is InChI=1S/C13H12ClNO2S/c1-8-2-4-11(15)10(6-8)13(16)17-7-9-3-5-12(14)18-9/h2-6H,7,15H2,1H3. The molecule has 94 valence electrons. The monoisotopic (exact) mass is 281 g/mol. The van der Waals surface area contributed by atoms with E-state index in [4.69, 9.17) is 22.1 Å². The van der Waals surface area contributed by atoms with Crippen LogP contribution in [0.5, 0.6) is 0 Å². The van der Waals surface area contributed by atoms with Gasteiger partial charge in [0.15, 0.2) is 0 Å². The van der Waals surface area contributed by atoms with Gasteiger partial charge in [-0.3, -0.25) is 0 Å². The number of carbonyl (C=O) groups excluding carboxylic acids is 1. The summed E-state index contributed by atoms with van der Waals surface area (Å²) in [6.45, 7) is 2.11. The number of esters is 1. The number of nitrogens with two attached hydrogens (primary N) is 1. The van der Waals surface area contributed by atoms with Gasteiger partial charge in [-0.1, -0.05) is 23.2 Å². The van der Waals surface area contributed by atoms with Crippen molar-refractivity contribution in [1.82, 2.24) is 0 Å². The number of hydrogen-bond acceptors (Lipinski definition) is 4. The van der Waals surface area contributed by atoms with Crippen LogP contribution in [0.2, 0.25) is 4.34 Å². The van der Waals surface area contributed by atoms with Crippen molar-refractivity contribution in [3.05, 3.63) is 50.7 Å². The molecule has 1 aromatic heterocycles. The summed E-state index contributed by atoms with van der Waals surface area (Å²) in [6.07, 6.45) is 0. The molecule has 0 fully saturated rings. The van der Waals surface area contributed by atoms with Gasteiger partial charge < -0.3 is 10.5 Å². The highest BCUT2D eigenvalue weighted by Gasteiger charge is 2.12. The minimum atomic E-state index is -0.416. The number of ether oxygens (including phenoxy) is 1. The fraction of sp³-hybridized carbons (Fsp3) is 0.154. The highest BCUT2D eigenvalue weighted by Crippen LogP contribution is 2.23. The first kappa shape index (κ1) is 12.9. The van der Waals surface area contributed by atoms with Gasteiger partial charge in [0.25, 0.3) is 0 Å². The molecular formula is C13H12ClNO2S. The molecule has 0 unspecified atom stereocenters. The Hall–Kier alpha value is -1.52. The van der Waals surface area contributed by atoms with Crippen LogP contribution in [0.25, 0.3) is 0 Å². The van der Waals surface area contributed by atoms with Gasteiger partial charge in [-0.25, -0.2) is 4.79 Å². The first-order valence-corrected chi connectivity index (χ1v) is 6.53. The maximum absolute atomic E-state index is 11.9. The third kappa shape index (κ3) is 3.03. The van der Waals surface area contributed by atoms with Gasteiger partial charge in [-0.15, -0.1) is 11.3 Å². The minimum absolute atomic E-state index is 0.212. The lowest BCUT2D eigenvalue weighted by atomic mass is 10.1. The molecule has 2 aromatic rings. The average Bonchev–Trinajstić information content (AvgIpc) is 2.75. The predicted octanol–water partition coefficient (Wildman–Crippen LogP) is 3.65. The van der Waals surface area contributed by atoms with Gasteiger partial charge in [-0.05, 0) is 31.2 Å². The summed E-state index contributed by atoms with van der Waals surface area (Å²) in [7, 11) is 0. The zero-order valence-corrected chi connectivity index (χ0v) is 11.3. The smallest absolute Gasteiger partial charge is 0.340 e. The van der Waals surface area contributed by atoms with Crippen molar-refractivity contribution in [3.63, 3.8) is 0 Å². The number of rotatable bonds is 3. The molecule has 0 radical (unpaired) electrons. The molecule has 0 aliphatic heterocycles. The summed E-state index contributed by atoms with van der Waals surface area (Å²) in [6, 6.07) is 8.88. The number of benzene rings is 1. The second kappa shape index (κ2) is 5.42. The quantitative estimate of drug-likeness (QED) is 0.690. The van der Waals surface area contributed by atoms with E-state index in [0.717, 1.165) is 10.4 Å². The highest BCUT2D eigenvalue weighted by atomic mass is 35.5. The number of thiophene rings is 1. The molecule has 1 aromatic carbocycles. The molecule has 3 nitrogen and oxygen atoms in total. The van der Waals surface area contributed by atoms with Gasteiger partial charge in [0.05, 0.1) is 9.90 Å². The maximum atomic E-state index is 11.9. The lowest BCUT2D eigenvalue weighted by Crippen LogP contribution is -2.08. The Balaban J connectivity index is 2.05. The van der Waals surface area contributed by atoms with E-state index in [-0.39, 0.29) is 6.61 Å². The van der Waals surface area contributed by atoms with Crippen LogP contribution in [-0.4, -0.2) is 5.97 Å². The predicted molar refractivity (Wildman–Crippen MR) is 74.0 cm³/mol. The Labute approximate surface area is 114 Å². The Bertz CT molecular complexity index is 580. The molecule has 18 heavy (non-hydrogen) atoms. The summed E-state index contributed by atoms with van der Waals surface area (Å²) in [5, 5.41) is 0. The van der Waals surface area contributed by atoms with Crippen molar-refractivity contribution < 1.29 is 9.53 Å². The number of hydrogen-bond donors (Lipinski definition) is 1. The van der Waals surface area contributed by atoms with Gasteiger partial charge in [0, 0.05) is 10.6 Å². The van der Waals surface area contributed by atoms with Crippen LogP contribution in [0, 0.1) is 6.92 Å². The van der Waals surface area contributed by atoms with Crippen molar-refractivity contribution in [2.45, 2.75) is 13.5 Å². The van der Waals surface area contributed by atoms with Crippen molar-refractivity contribution >= 4 is 34.6 Å². The van der Waals surface area contributed by atoms with Crippen LogP contribution < -0.4 is 5.73 Å². The van der Waals surface area contributed by atoms with Crippen molar-refractivity contribution in [3.8, 4) is 0 Å². The number of nitrogen functional groups attached to an aromatic ring is 1. The van der Waals surface area contributed by atoms with Gasteiger partial charge in [-0.2, -0.15) is 0 Å². The van der Waals surface area contributed by atoms with E-state index in [1.807, 2.05) is 19.1 Å². The summed E-state index contributed by atoms with van der Waals surface area (Å²) in [5.74, 6) is -0.416. The topological polar surface area (TPSA) is 52.3 Å². The third-order valence-corrected chi connectivity index (χ3v) is 3.61. The Morgan fingerprint density at radius 3 is 2.83 bits per heavy atom. The molecule has 0 aliphatic carbocycles. The van der Waals surface area contributed by atoms with E-state index in [2.05, 4.69) is 0 Å². The second-order valence-corrected chi connectivity index (χ2v) is 5.67. The van der Waals surface area contributed by atoms with Gasteiger partial charge in [0.1, 0.15) is 6.61 Å². The second-order valence-electron chi connectivity index (χ2n) is 3.87. The SMILES string of the molecule is Cc1ccc(N)c(C(=O)OCc2ccc(Cl)s2)c1. The van der Waals surface area contributed by atoms with Crippen molar-refractivity contribution in [2.24, 2.45) is 0 Å². The van der Waals surface area contributed by atoms with Crippen LogP contribution in [0.15, 0.2) is 30.3 Å². The molecule has 0 bridgehead atoms. The largest absolute Gasteiger partial charge is 0.456 e. The maximum Gasteiger partial charge on any atom is 0.340 e. The minimum Gasteiger partial charge on any atom is -0.456 e. The van der Waals surface area contributed by atoms with Crippen LogP contribution in [0.4, 0.5) is 5.69 Å². The molecule has 0 saturated heterocycles. The van der Waals surface area contributed by atoms with Crippen molar-refractivity contribution in [2.75, 3.05) is 5.73 Å². The van der Waals surface area contributed by atoms with Gasteiger partial charge in [0.2, 0.25) is 0 Å². The zero-order valence-electron chi connectivity index (χ0n) is 9.77. The molecule has 0 spiro atoms. The van der Waals surface area contributed by atoms with Crippen molar-refractivity contribution in [1.29, 1.82) is 0 Å². The first-order valence-electron chi connectivity index (χ1n) is 5.34. The Kier molecular flexibility index (Phi) is 3.89. The molecule has 0 saturated carbocycles. The van der Waals surface area contributed by atoms with Crippen LogP contribution in [-0.2, 0) is 11.3 Å². The van der Waals surface area contributed by atoms with E-state index >= 15 is 0 Å². The fourth-order valence-corrected chi connectivity index (χ4v) is 2.49. The lowest BCUT2D eigenvalue weighted by molar-refractivity contribution is 0.0478. The molecule has 0 amide bonds. The van der Waals surface area contributed by atoms with E-state index in [0.29, 0.717) is 15.6 Å². The molecule has 5 heteroatoms. The summed E-state index contributed by atoms with van der Waals surface area (Å²) in [5.41, 5.74) is 7.54. The zero-order chi connectivity index (χ0) is 13.1. The molecule has 0 atom stereocenters. The normalized spacial score (nSPS) is 10.3. The fourth-order valence-electron chi connectivity index (χ4n) is 1.49. The number of halogens is 1. The summed E-state index contributed by atoms with van der Waals surface area (Å²) < 4.78 is 5.87. The van der Waals surface area contributed by atoms with Crippen LogP contribution in [0.1, 0.15) is 20.8 Å². The first-order chi connectivity index (χ1) is 8.56. The number of aryl methyl sites for hydroxylation is 1. The molecule has 1 heterocycles. The lowest BCUT2D eigenvalue weighted by Gasteiger charge is -2.06. The van der Waals surface area contributed by atoms with E-state index < -0.39 is 5.97 Å². The summed E-state index contributed by atoms with van der Waals surface area (Å²) in [4.78, 5) is 12.8. The molecule has 0 aliphatic rings. The number of carbonyl (C=O) groups is 1. The summed E-state index contributed by atoms with van der Waals surface area (Å²) >= 11 is 7.19. The Morgan fingerprint density at radius 2 is 2.17 bits per heavy atom. The molecule has 2 N–H and O–H groups in total. The molecule has 2 rings (SSSR count). The average molecular weight is 282 g/mol. The van der Waals surface area contributed by atoms with E-state index in [1.165, 1.54) is 11.3 Å².